The molecule has 1 aliphatic heterocycles. The summed E-state index contributed by atoms with van der Waals surface area (Å²) in [5.74, 6) is 0.997. The lowest BCUT2D eigenvalue weighted by molar-refractivity contribution is -0.00977. The fourth-order valence-electron chi connectivity index (χ4n) is 2.22. The minimum atomic E-state index is 0.156. The third kappa shape index (κ3) is 3.94. The Bertz CT molecular complexity index is 373. The van der Waals surface area contributed by atoms with E-state index in [4.69, 9.17) is 9.15 Å². The molecule has 0 aliphatic carbocycles. The van der Waals surface area contributed by atoms with Crippen LogP contribution in [0.15, 0.2) is 16.5 Å². The molecule has 4 nitrogen and oxygen atoms in total. The quantitative estimate of drug-likeness (QED) is 0.812. The topological polar surface area (TPSA) is 37.6 Å². The summed E-state index contributed by atoms with van der Waals surface area (Å²) in [6.07, 6.45) is 0. The first-order chi connectivity index (χ1) is 8.58. The molecule has 1 aliphatic rings. The molecule has 2 rings (SSSR count). The SMILES string of the molecule is CC(C)(CNCc1ccc(I)o1)N1CCOCC1. The molecule has 1 aromatic heterocycles. The van der Waals surface area contributed by atoms with Crippen LogP contribution in [-0.2, 0) is 11.3 Å². The van der Waals surface area contributed by atoms with Crippen molar-refractivity contribution < 1.29 is 9.15 Å². The normalized spacial score (nSPS) is 18.2. The van der Waals surface area contributed by atoms with Gasteiger partial charge in [0.15, 0.2) is 3.77 Å². The highest BCUT2D eigenvalue weighted by Gasteiger charge is 2.27. The highest BCUT2D eigenvalue weighted by Crippen LogP contribution is 2.16. The molecule has 0 saturated carbocycles. The Morgan fingerprint density at radius 2 is 2.06 bits per heavy atom. The molecule has 1 N–H and O–H groups in total. The number of furan rings is 1. The smallest absolute Gasteiger partial charge is 0.164 e. The molecule has 102 valence electrons. The Morgan fingerprint density at radius 3 is 2.67 bits per heavy atom. The van der Waals surface area contributed by atoms with Crippen molar-refractivity contribution >= 4 is 22.6 Å². The number of nitrogens with one attached hydrogen (secondary N) is 1. The molecule has 0 aromatic carbocycles. The Morgan fingerprint density at radius 1 is 1.33 bits per heavy atom. The van der Waals surface area contributed by atoms with Gasteiger partial charge in [-0.05, 0) is 48.6 Å². The van der Waals surface area contributed by atoms with Crippen LogP contribution in [0.5, 0.6) is 0 Å². The van der Waals surface area contributed by atoms with Gasteiger partial charge in [-0.3, -0.25) is 4.90 Å². The number of ether oxygens (including phenoxy) is 1. The van der Waals surface area contributed by atoms with Crippen molar-refractivity contribution in [2.75, 3.05) is 32.8 Å². The average molecular weight is 364 g/mol. The molecule has 0 unspecified atom stereocenters. The van der Waals surface area contributed by atoms with Crippen LogP contribution < -0.4 is 5.32 Å². The van der Waals surface area contributed by atoms with E-state index in [9.17, 15) is 0 Å². The zero-order valence-corrected chi connectivity index (χ0v) is 13.2. The fourth-order valence-corrected chi connectivity index (χ4v) is 2.68. The minimum Gasteiger partial charge on any atom is -0.454 e. The molecular formula is C13H21IN2O2. The maximum Gasteiger partial charge on any atom is 0.164 e. The van der Waals surface area contributed by atoms with Crippen LogP contribution in [0.4, 0.5) is 0 Å². The minimum absolute atomic E-state index is 0.156. The standard InChI is InChI=1S/C13H21IN2O2/c1-13(2,16-5-7-17-8-6-16)10-15-9-11-3-4-12(14)18-11/h3-4,15H,5-10H2,1-2H3. The predicted octanol–water partition coefficient (Wildman–Crippen LogP) is 2.08. The van der Waals surface area contributed by atoms with Crippen molar-refractivity contribution in [3.63, 3.8) is 0 Å². The Labute approximate surface area is 122 Å². The van der Waals surface area contributed by atoms with Crippen molar-refractivity contribution in [3.05, 3.63) is 21.7 Å². The molecular weight excluding hydrogens is 343 g/mol. The zero-order chi connectivity index (χ0) is 13.0. The van der Waals surface area contributed by atoms with Crippen molar-refractivity contribution in [1.82, 2.24) is 10.2 Å². The first-order valence-electron chi connectivity index (χ1n) is 6.36. The van der Waals surface area contributed by atoms with Crippen LogP contribution in [0.3, 0.4) is 0 Å². The summed E-state index contributed by atoms with van der Waals surface area (Å²) < 4.78 is 11.9. The second-order valence-corrected chi connectivity index (χ2v) is 6.28. The lowest BCUT2D eigenvalue weighted by Gasteiger charge is -2.41. The van der Waals surface area contributed by atoms with E-state index in [0.717, 1.165) is 48.9 Å². The molecule has 1 saturated heterocycles. The monoisotopic (exact) mass is 364 g/mol. The molecule has 0 radical (unpaired) electrons. The van der Waals surface area contributed by atoms with Crippen LogP contribution in [0.2, 0.25) is 0 Å². The molecule has 18 heavy (non-hydrogen) atoms. The highest BCUT2D eigenvalue weighted by atomic mass is 127. The van der Waals surface area contributed by atoms with Gasteiger partial charge in [-0.15, -0.1) is 0 Å². The van der Waals surface area contributed by atoms with Gasteiger partial charge in [-0.1, -0.05) is 0 Å². The summed E-state index contributed by atoms with van der Waals surface area (Å²) in [7, 11) is 0. The van der Waals surface area contributed by atoms with Crippen LogP contribution in [-0.4, -0.2) is 43.3 Å². The lowest BCUT2D eigenvalue weighted by Crippen LogP contribution is -2.54. The van der Waals surface area contributed by atoms with Crippen molar-refractivity contribution in [1.29, 1.82) is 0 Å². The number of halogens is 1. The number of morpholine rings is 1. The van der Waals surface area contributed by atoms with E-state index >= 15 is 0 Å². The van der Waals surface area contributed by atoms with Gasteiger partial charge in [0.05, 0.1) is 19.8 Å². The van der Waals surface area contributed by atoms with E-state index in [0.29, 0.717) is 0 Å². The zero-order valence-electron chi connectivity index (χ0n) is 11.0. The number of hydrogen-bond acceptors (Lipinski definition) is 4. The summed E-state index contributed by atoms with van der Waals surface area (Å²) in [5, 5.41) is 3.47. The summed E-state index contributed by atoms with van der Waals surface area (Å²) in [4.78, 5) is 2.48. The van der Waals surface area contributed by atoms with Gasteiger partial charge in [0, 0.05) is 25.2 Å². The van der Waals surface area contributed by atoms with E-state index in [1.165, 1.54) is 0 Å². The van der Waals surface area contributed by atoms with Gasteiger partial charge < -0.3 is 14.5 Å². The van der Waals surface area contributed by atoms with Gasteiger partial charge in [0.1, 0.15) is 5.76 Å². The highest BCUT2D eigenvalue weighted by molar-refractivity contribution is 14.1. The Kier molecular flexibility index (Phi) is 5.06. The van der Waals surface area contributed by atoms with Crippen LogP contribution in [0, 0.1) is 3.77 Å². The van der Waals surface area contributed by atoms with E-state index in [2.05, 4.69) is 46.7 Å². The van der Waals surface area contributed by atoms with Gasteiger partial charge in [0.2, 0.25) is 0 Å². The Hall–Kier alpha value is -0.110. The third-order valence-electron chi connectivity index (χ3n) is 3.35. The van der Waals surface area contributed by atoms with Crippen molar-refractivity contribution in [3.8, 4) is 0 Å². The van der Waals surface area contributed by atoms with Crippen LogP contribution in [0.25, 0.3) is 0 Å². The van der Waals surface area contributed by atoms with Gasteiger partial charge in [0.25, 0.3) is 0 Å². The molecule has 1 aromatic rings. The van der Waals surface area contributed by atoms with Gasteiger partial charge >= 0.3 is 0 Å². The molecule has 2 heterocycles. The van der Waals surface area contributed by atoms with Crippen molar-refractivity contribution in [2.24, 2.45) is 0 Å². The molecule has 0 spiro atoms. The van der Waals surface area contributed by atoms with Gasteiger partial charge in [-0.25, -0.2) is 0 Å². The molecule has 0 amide bonds. The third-order valence-corrected chi connectivity index (χ3v) is 3.93. The van der Waals surface area contributed by atoms with E-state index in [1.807, 2.05) is 12.1 Å². The number of hydrogen-bond donors (Lipinski definition) is 1. The first-order valence-corrected chi connectivity index (χ1v) is 7.43. The summed E-state index contributed by atoms with van der Waals surface area (Å²) in [6.45, 7) is 10.0. The fraction of sp³-hybridized carbons (Fsp3) is 0.692. The second-order valence-electron chi connectivity index (χ2n) is 5.22. The van der Waals surface area contributed by atoms with E-state index < -0.39 is 0 Å². The van der Waals surface area contributed by atoms with E-state index in [1.54, 1.807) is 0 Å². The summed E-state index contributed by atoms with van der Waals surface area (Å²) in [5.41, 5.74) is 0.156. The maximum atomic E-state index is 5.53. The molecule has 1 fully saturated rings. The molecule has 5 heteroatoms. The summed E-state index contributed by atoms with van der Waals surface area (Å²) >= 11 is 2.19. The summed E-state index contributed by atoms with van der Waals surface area (Å²) in [6, 6.07) is 4.02. The number of nitrogens with zero attached hydrogens (tertiary/aromatic N) is 1. The molecule has 0 bridgehead atoms. The maximum absolute atomic E-state index is 5.53. The molecule has 0 atom stereocenters. The van der Waals surface area contributed by atoms with Crippen LogP contribution in [0.1, 0.15) is 19.6 Å². The Balaban J connectivity index is 1.77. The second kappa shape index (κ2) is 6.36. The predicted molar refractivity (Wildman–Crippen MR) is 79.6 cm³/mol. The lowest BCUT2D eigenvalue weighted by atomic mass is 10.0. The average Bonchev–Trinajstić information content (AvgIpc) is 2.76. The van der Waals surface area contributed by atoms with Crippen molar-refractivity contribution in [2.45, 2.75) is 25.9 Å². The largest absolute Gasteiger partial charge is 0.454 e. The number of rotatable bonds is 5. The van der Waals surface area contributed by atoms with Gasteiger partial charge in [-0.2, -0.15) is 0 Å². The van der Waals surface area contributed by atoms with E-state index in [-0.39, 0.29) is 5.54 Å². The van der Waals surface area contributed by atoms with Crippen LogP contribution >= 0.6 is 22.6 Å². The first kappa shape index (κ1) is 14.3.